The van der Waals surface area contributed by atoms with E-state index in [9.17, 15) is 0 Å². The number of nitrogens with zero attached hydrogens (tertiary/aromatic N) is 2. The molecule has 3 nitrogen and oxygen atoms in total. The summed E-state index contributed by atoms with van der Waals surface area (Å²) in [6.45, 7) is 5.55. The van der Waals surface area contributed by atoms with Crippen LogP contribution in [0.15, 0.2) is 22.8 Å². The van der Waals surface area contributed by atoms with Crippen molar-refractivity contribution in [3.63, 3.8) is 0 Å². The van der Waals surface area contributed by atoms with Gasteiger partial charge in [-0.2, -0.15) is 0 Å². The van der Waals surface area contributed by atoms with Crippen molar-refractivity contribution in [2.24, 2.45) is 0 Å². The van der Waals surface area contributed by atoms with Crippen LogP contribution in [-0.2, 0) is 6.54 Å². The number of aromatic nitrogens is 1. The lowest BCUT2D eigenvalue weighted by Gasteiger charge is -2.51. The predicted octanol–water partition coefficient (Wildman–Crippen LogP) is 3.34. The van der Waals surface area contributed by atoms with Gasteiger partial charge in [0.1, 0.15) is 0 Å². The zero-order valence-electron chi connectivity index (χ0n) is 12.2. The average Bonchev–Trinajstić information content (AvgIpc) is 2.47. The summed E-state index contributed by atoms with van der Waals surface area (Å²) in [5, 5.41) is 3.70. The monoisotopic (exact) mass is 337 g/mol. The van der Waals surface area contributed by atoms with Gasteiger partial charge >= 0.3 is 0 Å². The van der Waals surface area contributed by atoms with Crippen molar-refractivity contribution in [2.75, 3.05) is 13.1 Å². The topological polar surface area (TPSA) is 28.2 Å². The first-order chi connectivity index (χ1) is 9.68. The number of hydrogen-bond donors (Lipinski definition) is 1. The molecule has 1 aliphatic carbocycles. The number of hydrogen-bond acceptors (Lipinski definition) is 3. The van der Waals surface area contributed by atoms with Crippen LogP contribution in [-0.4, -0.2) is 34.6 Å². The Morgan fingerprint density at radius 3 is 2.85 bits per heavy atom. The summed E-state index contributed by atoms with van der Waals surface area (Å²) in [4.78, 5) is 7.26. The van der Waals surface area contributed by atoms with E-state index < -0.39 is 0 Å². The summed E-state index contributed by atoms with van der Waals surface area (Å²) in [7, 11) is 0. The van der Waals surface area contributed by atoms with Gasteiger partial charge in [-0.25, -0.2) is 0 Å². The third-order valence-electron chi connectivity index (χ3n) is 4.87. The van der Waals surface area contributed by atoms with E-state index in [2.05, 4.69) is 50.2 Å². The number of piperazine rings is 1. The van der Waals surface area contributed by atoms with E-state index in [0.717, 1.165) is 24.1 Å². The third kappa shape index (κ3) is 3.07. The molecule has 1 N–H and O–H groups in total. The van der Waals surface area contributed by atoms with Crippen LogP contribution in [0, 0.1) is 0 Å². The largest absolute Gasteiger partial charge is 0.311 e. The second-order valence-corrected chi connectivity index (χ2v) is 7.33. The minimum Gasteiger partial charge on any atom is -0.311 e. The molecule has 2 fully saturated rings. The molecule has 20 heavy (non-hydrogen) atoms. The maximum Gasteiger partial charge on any atom is 0.0545 e. The molecule has 2 heterocycles. The van der Waals surface area contributed by atoms with Crippen LogP contribution in [0.3, 0.4) is 0 Å². The fourth-order valence-electron chi connectivity index (χ4n) is 3.70. The molecule has 1 aliphatic heterocycles. The third-order valence-corrected chi connectivity index (χ3v) is 5.34. The van der Waals surface area contributed by atoms with Crippen LogP contribution < -0.4 is 5.32 Å². The molecule has 0 radical (unpaired) electrons. The Labute approximate surface area is 130 Å². The minimum atomic E-state index is 0.375. The van der Waals surface area contributed by atoms with Gasteiger partial charge in [-0.3, -0.25) is 9.88 Å². The van der Waals surface area contributed by atoms with Crippen LogP contribution in [0.1, 0.15) is 44.7 Å². The van der Waals surface area contributed by atoms with Gasteiger partial charge in [-0.05, 0) is 47.8 Å². The Morgan fingerprint density at radius 1 is 1.35 bits per heavy atom. The summed E-state index contributed by atoms with van der Waals surface area (Å²) in [6.07, 6.45) is 8.74. The molecule has 3 rings (SSSR count). The molecule has 2 aliphatic rings. The standard InChI is InChI=1S/C16H24BrN3/c1-13-10-20(11-15-6-5-14(17)9-18-15)16(12-19-13)7-3-2-4-8-16/h5-6,9,13,19H,2-4,7-8,10-12H2,1H3. The van der Waals surface area contributed by atoms with Gasteiger partial charge in [0.15, 0.2) is 0 Å². The van der Waals surface area contributed by atoms with Crippen molar-refractivity contribution in [3.05, 3.63) is 28.5 Å². The summed E-state index contributed by atoms with van der Waals surface area (Å²) < 4.78 is 1.06. The van der Waals surface area contributed by atoms with Gasteiger partial charge in [0.25, 0.3) is 0 Å². The summed E-state index contributed by atoms with van der Waals surface area (Å²) in [5.41, 5.74) is 1.56. The van der Waals surface area contributed by atoms with E-state index in [-0.39, 0.29) is 0 Å². The van der Waals surface area contributed by atoms with Crippen LogP contribution in [0.5, 0.6) is 0 Å². The number of pyridine rings is 1. The Bertz CT molecular complexity index is 440. The molecule has 1 aromatic heterocycles. The van der Waals surface area contributed by atoms with E-state index in [1.54, 1.807) is 0 Å². The first kappa shape index (κ1) is 14.5. The van der Waals surface area contributed by atoms with Gasteiger partial charge in [0.05, 0.1) is 5.69 Å². The zero-order valence-corrected chi connectivity index (χ0v) is 13.8. The van der Waals surface area contributed by atoms with E-state index in [1.807, 2.05) is 6.20 Å². The maximum absolute atomic E-state index is 4.57. The highest BCUT2D eigenvalue weighted by Gasteiger charge is 2.41. The highest BCUT2D eigenvalue weighted by Crippen LogP contribution is 2.36. The molecule has 1 aromatic rings. The first-order valence-electron chi connectivity index (χ1n) is 7.77. The van der Waals surface area contributed by atoms with E-state index in [4.69, 9.17) is 0 Å². The van der Waals surface area contributed by atoms with Crippen molar-refractivity contribution in [3.8, 4) is 0 Å². The van der Waals surface area contributed by atoms with Crippen molar-refractivity contribution in [1.29, 1.82) is 0 Å². The van der Waals surface area contributed by atoms with Gasteiger partial charge in [0, 0.05) is 41.9 Å². The number of rotatable bonds is 2. The number of halogens is 1. The molecule has 0 aromatic carbocycles. The van der Waals surface area contributed by atoms with Crippen molar-refractivity contribution >= 4 is 15.9 Å². The van der Waals surface area contributed by atoms with Crippen LogP contribution >= 0.6 is 15.9 Å². The normalized spacial score (nSPS) is 26.8. The predicted molar refractivity (Wildman–Crippen MR) is 85.6 cm³/mol. The highest BCUT2D eigenvalue weighted by atomic mass is 79.9. The van der Waals surface area contributed by atoms with Crippen molar-refractivity contribution in [2.45, 2.75) is 57.2 Å². The quantitative estimate of drug-likeness (QED) is 0.896. The lowest BCUT2D eigenvalue weighted by molar-refractivity contribution is 0.00530. The number of nitrogens with one attached hydrogen (secondary N) is 1. The van der Waals surface area contributed by atoms with Crippen molar-refractivity contribution in [1.82, 2.24) is 15.2 Å². The average molecular weight is 338 g/mol. The molecular weight excluding hydrogens is 314 g/mol. The van der Waals surface area contributed by atoms with Gasteiger partial charge < -0.3 is 5.32 Å². The Morgan fingerprint density at radius 2 is 2.15 bits per heavy atom. The summed E-state index contributed by atoms with van der Waals surface area (Å²) in [6, 6.07) is 4.83. The second-order valence-electron chi connectivity index (χ2n) is 6.42. The van der Waals surface area contributed by atoms with Gasteiger partial charge in [0.2, 0.25) is 0 Å². The molecule has 0 bridgehead atoms. The zero-order chi connectivity index (χ0) is 14.0. The molecule has 110 valence electrons. The SMILES string of the molecule is CC1CN(Cc2ccc(Br)cn2)C2(CCCCC2)CN1. The fourth-order valence-corrected chi connectivity index (χ4v) is 3.93. The molecule has 1 saturated carbocycles. The highest BCUT2D eigenvalue weighted by molar-refractivity contribution is 9.10. The van der Waals surface area contributed by atoms with E-state index in [0.29, 0.717) is 11.6 Å². The molecule has 1 atom stereocenters. The summed E-state index contributed by atoms with van der Waals surface area (Å²) >= 11 is 3.46. The molecule has 0 amide bonds. The Hall–Kier alpha value is -0.450. The molecule has 4 heteroatoms. The molecule has 1 spiro atoms. The lowest BCUT2D eigenvalue weighted by atomic mass is 9.78. The van der Waals surface area contributed by atoms with Crippen LogP contribution in [0.2, 0.25) is 0 Å². The fraction of sp³-hybridized carbons (Fsp3) is 0.688. The minimum absolute atomic E-state index is 0.375. The smallest absolute Gasteiger partial charge is 0.0545 e. The lowest BCUT2D eigenvalue weighted by Crippen LogP contribution is -2.64. The Kier molecular flexibility index (Phi) is 4.43. The van der Waals surface area contributed by atoms with Gasteiger partial charge in [-0.1, -0.05) is 19.3 Å². The Balaban J connectivity index is 1.77. The van der Waals surface area contributed by atoms with Crippen LogP contribution in [0.25, 0.3) is 0 Å². The van der Waals surface area contributed by atoms with Crippen LogP contribution in [0.4, 0.5) is 0 Å². The van der Waals surface area contributed by atoms with E-state index >= 15 is 0 Å². The maximum atomic E-state index is 4.57. The summed E-state index contributed by atoms with van der Waals surface area (Å²) in [5.74, 6) is 0. The molecule has 1 saturated heterocycles. The van der Waals surface area contributed by atoms with Crippen molar-refractivity contribution < 1.29 is 0 Å². The van der Waals surface area contributed by atoms with Gasteiger partial charge in [-0.15, -0.1) is 0 Å². The molecule has 1 unspecified atom stereocenters. The first-order valence-corrected chi connectivity index (χ1v) is 8.56. The molecular formula is C16H24BrN3. The van der Waals surface area contributed by atoms with E-state index in [1.165, 1.54) is 37.8 Å². The second kappa shape index (κ2) is 6.12.